The minimum Gasteiger partial charge on any atom is -0.453 e. The van der Waals surface area contributed by atoms with Gasteiger partial charge in [-0.25, -0.2) is 9.86 Å². The van der Waals surface area contributed by atoms with E-state index in [0.29, 0.717) is 30.4 Å². The number of nitrogens with zero attached hydrogens (tertiary/aromatic N) is 4. The second-order valence-electron chi connectivity index (χ2n) is 8.47. The molecule has 188 valence electrons. The minimum absolute atomic E-state index is 0.0732. The minimum atomic E-state index is -0.826. The van der Waals surface area contributed by atoms with Gasteiger partial charge in [0.1, 0.15) is 0 Å². The molecule has 1 saturated heterocycles. The highest BCUT2D eigenvalue weighted by atomic mass is 35.5. The molecule has 0 bridgehead atoms. The van der Waals surface area contributed by atoms with Gasteiger partial charge in [-0.3, -0.25) is 25.6 Å². The van der Waals surface area contributed by atoms with Crippen LogP contribution in [-0.4, -0.2) is 71.4 Å². The summed E-state index contributed by atoms with van der Waals surface area (Å²) in [5.74, 6) is -2.14. The molecule has 2 aliphatic rings. The van der Waals surface area contributed by atoms with Gasteiger partial charge in [-0.2, -0.15) is 14.4 Å². The number of carbonyl (C=O) groups is 3. The summed E-state index contributed by atoms with van der Waals surface area (Å²) >= 11 is 5.99. The lowest BCUT2D eigenvalue weighted by Crippen LogP contribution is -2.41. The number of anilines is 2. The zero-order valence-corrected chi connectivity index (χ0v) is 19.6. The van der Waals surface area contributed by atoms with E-state index in [4.69, 9.17) is 11.6 Å². The number of aromatic nitrogens is 2. The van der Waals surface area contributed by atoms with E-state index in [1.807, 2.05) is 0 Å². The summed E-state index contributed by atoms with van der Waals surface area (Å²) in [4.78, 5) is 44.4. The average molecular weight is 502 g/mol. The maximum atomic E-state index is 15.2. The molecule has 3 rings (SSSR count). The normalized spacial score (nSPS) is 18.9. The highest BCUT2D eigenvalue weighted by molar-refractivity contribution is 6.28. The summed E-state index contributed by atoms with van der Waals surface area (Å²) in [6, 6.07) is -0.257. The highest BCUT2D eigenvalue weighted by Crippen LogP contribution is 2.31. The van der Waals surface area contributed by atoms with Crippen LogP contribution in [0.3, 0.4) is 0 Å². The molecule has 34 heavy (non-hydrogen) atoms. The van der Waals surface area contributed by atoms with Gasteiger partial charge in [-0.15, -0.1) is 0 Å². The number of rotatable bonds is 10. The number of halogens is 2. The van der Waals surface area contributed by atoms with E-state index < -0.39 is 23.7 Å². The maximum absolute atomic E-state index is 15.2. The number of hydrogen-bond acceptors (Lipinski definition) is 9. The van der Waals surface area contributed by atoms with Crippen LogP contribution < -0.4 is 21.1 Å². The fourth-order valence-corrected chi connectivity index (χ4v) is 4.57. The number of amides is 3. The number of ether oxygens (including phenoxy) is 1. The molecule has 2 fully saturated rings. The van der Waals surface area contributed by atoms with Crippen LogP contribution in [0.5, 0.6) is 0 Å². The molecule has 0 spiro atoms. The van der Waals surface area contributed by atoms with E-state index in [0.717, 1.165) is 25.7 Å². The summed E-state index contributed by atoms with van der Waals surface area (Å²) in [5.41, 5.74) is 4.86. The van der Waals surface area contributed by atoms with Crippen LogP contribution in [0, 0.1) is 17.7 Å². The van der Waals surface area contributed by atoms with Crippen molar-refractivity contribution in [2.75, 3.05) is 37.1 Å². The maximum Gasteiger partial charge on any atom is 0.407 e. The average Bonchev–Trinajstić information content (AvgIpc) is 3.50. The van der Waals surface area contributed by atoms with Crippen molar-refractivity contribution in [1.29, 1.82) is 0 Å². The van der Waals surface area contributed by atoms with Crippen molar-refractivity contribution in [2.24, 2.45) is 11.8 Å². The van der Waals surface area contributed by atoms with Gasteiger partial charge in [-0.1, -0.05) is 25.7 Å². The Balaban J connectivity index is 1.66. The monoisotopic (exact) mass is 501 g/mol. The molecule has 2 atom stereocenters. The van der Waals surface area contributed by atoms with Crippen molar-refractivity contribution in [3.63, 3.8) is 0 Å². The van der Waals surface area contributed by atoms with Crippen molar-refractivity contribution < 1.29 is 28.7 Å². The first kappa shape index (κ1) is 25.7. The lowest BCUT2D eigenvalue weighted by molar-refractivity contribution is -0.154. The van der Waals surface area contributed by atoms with Gasteiger partial charge < -0.3 is 15.0 Å². The fourth-order valence-electron chi connectivity index (χ4n) is 4.40. The predicted octanol–water partition coefficient (Wildman–Crippen LogP) is 1.69. The zero-order chi connectivity index (χ0) is 24.7. The Labute approximate surface area is 201 Å². The quantitative estimate of drug-likeness (QED) is 0.162. The van der Waals surface area contributed by atoms with Crippen LogP contribution in [0.4, 0.5) is 20.8 Å². The van der Waals surface area contributed by atoms with Gasteiger partial charge >= 0.3 is 6.09 Å². The fraction of sp³-hybridized carbons (Fsp3) is 0.650. The highest BCUT2D eigenvalue weighted by Gasteiger charge is 2.30. The Morgan fingerprint density at radius 1 is 1.35 bits per heavy atom. The van der Waals surface area contributed by atoms with Crippen LogP contribution in [-0.2, 0) is 14.3 Å². The Morgan fingerprint density at radius 3 is 2.76 bits per heavy atom. The second-order valence-corrected chi connectivity index (χ2v) is 8.81. The first-order valence-corrected chi connectivity index (χ1v) is 11.5. The zero-order valence-electron chi connectivity index (χ0n) is 18.8. The Morgan fingerprint density at radius 2 is 2.09 bits per heavy atom. The van der Waals surface area contributed by atoms with Crippen LogP contribution >= 0.6 is 11.6 Å². The predicted molar refractivity (Wildman–Crippen MR) is 120 cm³/mol. The lowest BCUT2D eigenvalue weighted by Gasteiger charge is -2.23. The largest absolute Gasteiger partial charge is 0.453 e. The SMILES string of the molecule is COC(=O)N[C@H]1CCN(c2nc(Cl)nc(NNC(=O)C(CC3CCCC3)CN(O)C=O)c2F)C1. The molecular weight excluding hydrogens is 473 g/mol. The number of alkyl carbamates (subject to hydrolysis) is 1. The molecule has 1 aromatic rings. The third kappa shape index (κ3) is 6.79. The Bertz CT molecular complexity index is 889. The van der Waals surface area contributed by atoms with Crippen LogP contribution in [0.15, 0.2) is 0 Å². The Hall–Kier alpha value is -2.93. The molecule has 12 nitrogen and oxygen atoms in total. The standard InChI is InChI=1S/C20H29ClFN7O5/c1-34-20(32)23-14-6-7-28(10-14)17-15(22)16(24-19(21)25-17)26-27-18(31)13(9-29(33)11-30)8-12-4-2-3-5-12/h11-14,33H,2-10H2,1H3,(H,23,32)(H,27,31)(H,24,25,26)/t13?,14-/m0/s1. The summed E-state index contributed by atoms with van der Waals surface area (Å²) in [7, 11) is 1.26. The molecule has 2 heterocycles. The molecule has 14 heteroatoms. The van der Waals surface area contributed by atoms with Crippen LogP contribution in [0.1, 0.15) is 38.5 Å². The van der Waals surface area contributed by atoms with E-state index in [-0.39, 0.29) is 42.5 Å². The smallest absolute Gasteiger partial charge is 0.407 e. The number of hydrogen-bond donors (Lipinski definition) is 4. The molecule has 1 saturated carbocycles. The number of hydroxylamine groups is 2. The summed E-state index contributed by atoms with van der Waals surface area (Å²) < 4.78 is 19.7. The van der Waals surface area contributed by atoms with Crippen LogP contribution in [0.25, 0.3) is 0 Å². The number of carbonyl (C=O) groups excluding carboxylic acids is 3. The van der Waals surface area contributed by atoms with Crippen molar-refractivity contribution in [2.45, 2.75) is 44.6 Å². The molecular formula is C20H29ClFN7O5. The Kier molecular flexibility index (Phi) is 9.05. The van der Waals surface area contributed by atoms with E-state index in [2.05, 4.69) is 30.9 Å². The summed E-state index contributed by atoms with van der Waals surface area (Å²) in [6.45, 7) is 0.507. The van der Waals surface area contributed by atoms with E-state index in [1.165, 1.54) is 7.11 Å². The third-order valence-corrected chi connectivity index (χ3v) is 6.27. The van der Waals surface area contributed by atoms with Crippen molar-refractivity contribution >= 4 is 41.6 Å². The molecule has 1 aromatic heterocycles. The summed E-state index contributed by atoms with van der Waals surface area (Å²) in [5, 5.41) is 12.4. The molecule has 3 amide bonds. The molecule has 4 N–H and O–H groups in total. The van der Waals surface area contributed by atoms with Gasteiger partial charge in [0.2, 0.25) is 23.4 Å². The van der Waals surface area contributed by atoms with Crippen molar-refractivity contribution in [1.82, 2.24) is 25.8 Å². The van der Waals surface area contributed by atoms with Gasteiger partial charge in [0.05, 0.1) is 25.6 Å². The van der Waals surface area contributed by atoms with E-state index in [1.54, 1.807) is 4.90 Å². The number of hydrazine groups is 1. The number of nitrogens with one attached hydrogen (secondary N) is 3. The first-order valence-electron chi connectivity index (χ1n) is 11.1. The van der Waals surface area contributed by atoms with Crippen molar-refractivity contribution in [3.8, 4) is 0 Å². The van der Waals surface area contributed by atoms with Crippen LogP contribution in [0.2, 0.25) is 5.28 Å². The van der Waals surface area contributed by atoms with E-state index in [9.17, 15) is 19.6 Å². The molecule has 1 unspecified atom stereocenters. The molecule has 1 aliphatic carbocycles. The second kappa shape index (κ2) is 12.0. The topological polar surface area (TPSA) is 149 Å². The number of methoxy groups -OCH3 is 1. The lowest BCUT2D eigenvalue weighted by atomic mass is 9.92. The first-order chi connectivity index (χ1) is 16.3. The van der Waals surface area contributed by atoms with Gasteiger partial charge in [0.15, 0.2) is 11.6 Å². The van der Waals surface area contributed by atoms with Gasteiger partial charge in [0, 0.05) is 13.1 Å². The van der Waals surface area contributed by atoms with Gasteiger partial charge in [0.25, 0.3) is 0 Å². The van der Waals surface area contributed by atoms with Gasteiger partial charge in [-0.05, 0) is 30.4 Å². The van der Waals surface area contributed by atoms with Crippen molar-refractivity contribution in [3.05, 3.63) is 11.1 Å². The summed E-state index contributed by atoms with van der Waals surface area (Å²) in [6.07, 6.45) is 4.79. The van der Waals surface area contributed by atoms with E-state index >= 15 is 4.39 Å². The molecule has 0 radical (unpaired) electrons. The molecule has 1 aliphatic heterocycles. The molecule has 0 aromatic carbocycles. The third-order valence-electron chi connectivity index (χ3n) is 6.10.